The summed E-state index contributed by atoms with van der Waals surface area (Å²) in [7, 11) is 3.78. The maximum absolute atomic E-state index is 12.6. The molecule has 0 saturated heterocycles. The number of anilines is 1. The van der Waals surface area contributed by atoms with Crippen LogP contribution in [0.3, 0.4) is 0 Å². The molecule has 1 aromatic rings. The van der Waals surface area contributed by atoms with Crippen molar-refractivity contribution in [3.8, 4) is 0 Å². The number of carbonyl (C=O) groups is 1. The number of hydrogen-bond acceptors (Lipinski definition) is 4. The average molecular weight is 302 g/mol. The van der Waals surface area contributed by atoms with Gasteiger partial charge < -0.3 is 9.64 Å². The molecule has 0 spiro atoms. The van der Waals surface area contributed by atoms with E-state index in [1.807, 2.05) is 19.0 Å². The van der Waals surface area contributed by atoms with Gasteiger partial charge in [-0.1, -0.05) is 20.8 Å². The molecule has 0 unspecified atom stereocenters. The van der Waals surface area contributed by atoms with Crippen LogP contribution in [-0.2, 0) is 4.74 Å². The molecule has 0 N–H and O–H groups in total. The fraction of sp³-hybridized carbons (Fsp3) is 0.667. The Kier molecular flexibility index (Phi) is 3.66. The lowest BCUT2D eigenvalue weighted by atomic mass is 9.45. The number of hydrogen-bond donors (Lipinski definition) is 0. The number of ether oxygens (including phenoxy) is 1. The fourth-order valence-electron chi connectivity index (χ4n) is 4.37. The maximum Gasteiger partial charge on any atom is 0.342 e. The molecule has 4 rings (SSSR count). The number of esters is 1. The molecule has 3 aliphatic rings. The highest BCUT2D eigenvalue weighted by atomic mass is 16.5. The number of carbonyl (C=O) groups excluding carboxylic acids is 1. The van der Waals surface area contributed by atoms with E-state index in [1.54, 1.807) is 18.3 Å². The second-order valence-corrected chi connectivity index (χ2v) is 7.67. The summed E-state index contributed by atoms with van der Waals surface area (Å²) in [5.41, 5.74) is 0.962. The van der Waals surface area contributed by atoms with E-state index < -0.39 is 0 Å². The van der Waals surface area contributed by atoms with Gasteiger partial charge in [-0.2, -0.15) is 0 Å². The Morgan fingerprint density at radius 3 is 2.68 bits per heavy atom. The van der Waals surface area contributed by atoms with Gasteiger partial charge in [-0.3, -0.25) is 0 Å². The number of pyridine rings is 1. The standard InChI is InChI=1S/C18H26N2O2/c1-11-14-9-12(18(14,2)3)10-15(11)22-17(21)13-7-6-8-19-16(13)20(4)5/h6-8,11-12,14-15H,9-10H2,1-5H3/t11-,12+,14-,15+/m1/s1. The van der Waals surface area contributed by atoms with Crippen LogP contribution < -0.4 is 4.90 Å². The van der Waals surface area contributed by atoms with Gasteiger partial charge in [0.15, 0.2) is 0 Å². The van der Waals surface area contributed by atoms with Gasteiger partial charge in [0.2, 0.25) is 0 Å². The summed E-state index contributed by atoms with van der Waals surface area (Å²) < 4.78 is 5.87. The van der Waals surface area contributed by atoms with E-state index in [4.69, 9.17) is 4.74 Å². The van der Waals surface area contributed by atoms with Crippen molar-refractivity contribution in [1.29, 1.82) is 0 Å². The zero-order valence-corrected chi connectivity index (χ0v) is 14.2. The quantitative estimate of drug-likeness (QED) is 0.803. The van der Waals surface area contributed by atoms with E-state index in [9.17, 15) is 4.79 Å². The first-order valence-corrected chi connectivity index (χ1v) is 8.15. The van der Waals surface area contributed by atoms with Crippen LogP contribution >= 0.6 is 0 Å². The third kappa shape index (κ3) is 2.29. The molecule has 1 aromatic heterocycles. The Balaban J connectivity index is 1.74. The Morgan fingerprint density at radius 2 is 2.09 bits per heavy atom. The molecule has 2 bridgehead atoms. The first-order valence-electron chi connectivity index (χ1n) is 8.15. The minimum Gasteiger partial charge on any atom is -0.458 e. The van der Waals surface area contributed by atoms with E-state index >= 15 is 0 Å². The van der Waals surface area contributed by atoms with Crippen molar-refractivity contribution in [2.24, 2.45) is 23.2 Å². The van der Waals surface area contributed by atoms with Crippen LogP contribution in [0.1, 0.15) is 44.0 Å². The predicted octanol–water partition coefficient (Wildman–Crippen LogP) is 3.38. The van der Waals surface area contributed by atoms with Gasteiger partial charge in [-0.25, -0.2) is 9.78 Å². The van der Waals surface area contributed by atoms with Gasteiger partial charge in [0, 0.05) is 20.3 Å². The van der Waals surface area contributed by atoms with E-state index in [0.29, 0.717) is 34.6 Å². The summed E-state index contributed by atoms with van der Waals surface area (Å²) in [5.74, 6) is 2.22. The molecule has 3 aliphatic carbocycles. The minimum atomic E-state index is -0.243. The van der Waals surface area contributed by atoms with Crippen LogP contribution in [0.5, 0.6) is 0 Å². The Hall–Kier alpha value is -1.58. The van der Waals surface area contributed by atoms with Gasteiger partial charge in [0.1, 0.15) is 17.5 Å². The molecule has 0 aromatic carbocycles. The number of fused-ring (bicyclic) bond motifs is 2. The summed E-state index contributed by atoms with van der Waals surface area (Å²) in [4.78, 5) is 18.7. The summed E-state index contributed by atoms with van der Waals surface area (Å²) in [5, 5.41) is 0. The molecule has 0 aliphatic heterocycles. The molecular formula is C18H26N2O2. The van der Waals surface area contributed by atoms with Crippen LogP contribution in [0, 0.1) is 23.2 Å². The van der Waals surface area contributed by atoms with Crippen molar-refractivity contribution >= 4 is 11.8 Å². The zero-order chi connectivity index (χ0) is 16.1. The first-order chi connectivity index (χ1) is 10.3. The van der Waals surface area contributed by atoms with Crippen molar-refractivity contribution in [2.45, 2.75) is 39.7 Å². The number of aromatic nitrogens is 1. The Morgan fingerprint density at radius 1 is 1.36 bits per heavy atom. The summed E-state index contributed by atoms with van der Waals surface area (Å²) >= 11 is 0. The van der Waals surface area contributed by atoms with Crippen LogP contribution in [0.25, 0.3) is 0 Å². The highest BCUT2D eigenvalue weighted by molar-refractivity contribution is 5.94. The van der Waals surface area contributed by atoms with E-state index in [1.165, 1.54) is 6.42 Å². The molecule has 3 fully saturated rings. The second-order valence-electron chi connectivity index (χ2n) is 7.67. The highest BCUT2D eigenvalue weighted by Gasteiger charge is 2.57. The van der Waals surface area contributed by atoms with E-state index in [-0.39, 0.29) is 12.1 Å². The second kappa shape index (κ2) is 5.25. The van der Waals surface area contributed by atoms with Crippen LogP contribution in [-0.4, -0.2) is 31.2 Å². The van der Waals surface area contributed by atoms with Gasteiger partial charge in [-0.15, -0.1) is 0 Å². The minimum absolute atomic E-state index is 0.0412. The third-order valence-corrected chi connectivity index (χ3v) is 5.97. The van der Waals surface area contributed by atoms with Gasteiger partial charge in [0.05, 0.1) is 0 Å². The lowest BCUT2D eigenvalue weighted by Gasteiger charge is -2.61. The topological polar surface area (TPSA) is 42.4 Å². The molecule has 1 heterocycles. The average Bonchev–Trinajstić information content (AvgIpc) is 2.48. The van der Waals surface area contributed by atoms with E-state index in [0.717, 1.165) is 6.42 Å². The maximum atomic E-state index is 12.6. The van der Waals surface area contributed by atoms with Gasteiger partial charge >= 0.3 is 5.97 Å². The monoisotopic (exact) mass is 302 g/mol. The lowest BCUT2D eigenvalue weighted by Crippen LogP contribution is -2.57. The third-order valence-electron chi connectivity index (χ3n) is 5.97. The molecule has 0 radical (unpaired) electrons. The van der Waals surface area contributed by atoms with Crippen molar-refractivity contribution in [2.75, 3.05) is 19.0 Å². The Bertz CT molecular complexity index is 582. The molecule has 4 heteroatoms. The van der Waals surface area contributed by atoms with Gasteiger partial charge in [0.25, 0.3) is 0 Å². The molecule has 4 nitrogen and oxygen atoms in total. The van der Waals surface area contributed by atoms with Crippen molar-refractivity contribution in [1.82, 2.24) is 4.98 Å². The molecular weight excluding hydrogens is 276 g/mol. The summed E-state index contributed by atoms with van der Waals surface area (Å²) in [6, 6.07) is 3.58. The predicted molar refractivity (Wildman–Crippen MR) is 86.9 cm³/mol. The molecule has 3 saturated carbocycles. The summed E-state index contributed by atoms with van der Waals surface area (Å²) in [6.07, 6.45) is 4.03. The highest BCUT2D eigenvalue weighted by Crippen LogP contribution is 2.61. The molecule has 22 heavy (non-hydrogen) atoms. The Labute approximate surface area is 132 Å². The first kappa shape index (κ1) is 15.3. The fourth-order valence-corrected chi connectivity index (χ4v) is 4.37. The largest absolute Gasteiger partial charge is 0.458 e. The zero-order valence-electron chi connectivity index (χ0n) is 14.2. The molecule has 4 atom stereocenters. The van der Waals surface area contributed by atoms with Crippen LogP contribution in [0.4, 0.5) is 5.82 Å². The normalized spacial score (nSPS) is 32.0. The summed E-state index contributed by atoms with van der Waals surface area (Å²) in [6.45, 7) is 6.94. The number of rotatable bonds is 3. The van der Waals surface area contributed by atoms with Crippen LogP contribution in [0.2, 0.25) is 0 Å². The van der Waals surface area contributed by atoms with Gasteiger partial charge in [-0.05, 0) is 48.1 Å². The van der Waals surface area contributed by atoms with Crippen LogP contribution in [0.15, 0.2) is 18.3 Å². The van der Waals surface area contributed by atoms with Crippen molar-refractivity contribution < 1.29 is 9.53 Å². The molecule has 0 amide bonds. The van der Waals surface area contributed by atoms with E-state index in [2.05, 4.69) is 25.8 Å². The lowest BCUT2D eigenvalue weighted by molar-refractivity contribution is -0.156. The van der Waals surface area contributed by atoms with Crippen molar-refractivity contribution in [3.63, 3.8) is 0 Å². The molecule has 120 valence electrons. The smallest absolute Gasteiger partial charge is 0.342 e. The SMILES string of the molecule is C[C@H]1[C@@H](OC(=O)c2cccnc2N(C)C)C[C@@H]2C[C@H]1C2(C)C. The number of nitrogens with zero attached hydrogens (tertiary/aromatic N) is 2. The van der Waals surface area contributed by atoms with Crippen molar-refractivity contribution in [3.05, 3.63) is 23.9 Å².